The van der Waals surface area contributed by atoms with E-state index < -0.39 is 0 Å². The van der Waals surface area contributed by atoms with Gasteiger partial charge in [-0.05, 0) is 31.9 Å². The molecule has 0 N–H and O–H groups in total. The molecule has 1 aromatic carbocycles. The number of hydrogen-bond acceptors (Lipinski definition) is 5. The third-order valence-corrected chi connectivity index (χ3v) is 5.99. The summed E-state index contributed by atoms with van der Waals surface area (Å²) in [6.45, 7) is 8.09. The Bertz CT molecular complexity index is 812. The topological polar surface area (TPSA) is 60.2 Å². The molecule has 0 saturated carbocycles. The van der Waals surface area contributed by atoms with Crippen molar-refractivity contribution in [3.8, 4) is 17.1 Å². The highest BCUT2D eigenvalue weighted by Gasteiger charge is 2.25. The quantitative estimate of drug-likeness (QED) is 0.519. The first-order valence-electron chi connectivity index (χ1n) is 9.78. The number of thioether (sulfide) groups is 1. The zero-order valence-corrected chi connectivity index (χ0v) is 17.5. The Morgan fingerprint density at radius 2 is 1.96 bits per heavy atom. The van der Waals surface area contributed by atoms with Crippen LogP contribution in [0.2, 0.25) is 0 Å². The molecular weight excluding hydrogens is 372 g/mol. The molecule has 0 aliphatic carbocycles. The van der Waals surface area contributed by atoms with Crippen LogP contribution in [0.5, 0.6) is 5.75 Å². The summed E-state index contributed by atoms with van der Waals surface area (Å²) >= 11 is 1.46. The highest BCUT2D eigenvalue weighted by atomic mass is 32.2. The van der Waals surface area contributed by atoms with Crippen molar-refractivity contribution in [3.05, 3.63) is 36.9 Å². The summed E-state index contributed by atoms with van der Waals surface area (Å²) in [5.74, 6) is 1.64. The lowest BCUT2D eigenvalue weighted by Crippen LogP contribution is -2.37. The average molecular weight is 401 g/mol. The number of nitrogens with zero attached hydrogens (tertiary/aromatic N) is 4. The molecule has 3 rings (SSSR count). The van der Waals surface area contributed by atoms with Gasteiger partial charge in [0.1, 0.15) is 5.75 Å². The third kappa shape index (κ3) is 4.58. The number of para-hydroxylation sites is 1. The van der Waals surface area contributed by atoms with Gasteiger partial charge in [-0.3, -0.25) is 9.36 Å². The first-order valence-corrected chi connectivity index (χ1v) is 10.7. The Morgan fingerprint density at radius 3 is 2.64 bits per heavy atom. The molecule has 0 spiro atoms. The molecule has 1 saturated heterocycles. The van der Waals surface area contributed by atoms with E-state index in [0.29, 0.717) is 12.4 Å². The van der Waals surface area contributed by atoms with Gasteiger partial charge in [0.2, 0.25) is 5.91 Å². The van der Waals surface area contributed by atoms with E-state index in [2.05, 4.69) is 16.8 Å². The molecule has 0 unspecified atom stereocenters. The first-order chi connectivity index (χ1) is 13.7. The standard InChI is InChI=1S/C21H28N4O2S/c1-4-13-25-19(17-11-7-8-12-18(17)27-3)22-23-21(25)28-16(2)20(26)24-14-9-5-6-10-15-24/h4,7-8,11-12,16H,1,5-6,9-10,13-15H2,2-3H3/t16-/m0/s1. The molecule has 0 radical (unpaired) electrons. The summed E-state index contributed by atoms with van der Waals surface area (Å²) in [6, 6.07) is 7.74. The molecule has 1 fully saturated rings. The van der Waals surface area contributed by atoms with Gasteiger partial charge in [-0.2, -0.15) is 0 Å². The zero-order chi connectivity index (χ0) is 19.9. The van der Waals surface area contributed by atoms with Gasteiger partial charge in [0.15, 0.2) is 11.0 Å². The van der Waals surface area contributed by atoms with Crippen LogP contribution in [0.15, 0.2) is 42.1 Å². The van der Waals surface area contributed by atoms with Gasteiger partial charge in [-0.1, -0.05) is 42.8 Å². The number of hydrogen-bond donors (Lipinski definition) is 0. The van der Waals surface area contributed by atoms with Crippen LogP contribution in [0.25, 0.3) is 11.4 Å². The molecule has 0 bridgehead atoms. The van der Waals surface area contributed by atoms with Crippen molar-refractivity contribution in [2.24, 2.45) is 0 Å². The smallest absolute Gasteiger partial charge is 0.235 e. The Labute approximate surface area is 171 Å². The number of aromatic nitrogens is 3. The van der Waals surface area contributed by atoms with Crippen molar-refractivity contribution in [2.45, 2.75) is 49.6 Å². The minimum Gasteiger partial charge on any atom is -0.496 e. The fourth-order valence-electron chi connectivity index (χ4n) is 3.45. The predicted molar refractivity (Wildman–Crippen MR) is 113 cm³/mol. The Kier molecular flexibility index (Phi) is 7.14. The van der Waals surface area contributed by atoms with Crippen LogP contribution in [-0.2, 0) is 11.3 Å². The second-order valence-electron chi connectivity index (χ2n) is 6.91. The number of carbonyl (C=O) groups is 1. The fraction of sp³-hybridized carbons (Fsp3) is 0.476. The number of allylic oxidation sites excluding steroid dienone is 1. The van der Waals surface area contributed by atoms with Crippen LogP contribution in [-0.4, -0.2) is 51.0 Å². The summed E-state index contributed by atoms with van der Waals surface area (Å²) < 4.78 is 7.47. The largest absolute Gasteiger partial charge is 0.496 e. The second-order valence-corrected chi connectivity index (χ2v) is 8.21. The van der Waals surface area contributed by atoms with E-state index in [4.69, 9.17) is 4.74 Å². The van der Waals surface area contributed by atoms with E-state index in [1.54, 1.807) is 7.11 Å². The van der Waals surface area contributed by atoms with E-state index in [1.807, 2.05) is 46.7 Å². The number of likely N-dealkylation sites (tertiary alicyclic amines) is 1. The molecule has 2 aromatic rings. The third-order valence-electron chi connectivity index (χ3n) is 4.92. The highest BCUT2D eigenvalue weighted by Crippen LogP contribution is 2.32. The monoisotopic (exact) mass is 400 g/mol. The highest BCUT2D eigenvalue weighted by molar-refractivity contribution is 8.00. The van der Waals surface area contributed by atoms with Gasteiger partial charge >= 0.3 is 0 Å². The van der Waals surface area contributed by atoms with Crippen molar-refractivity contribution >= 4 is 17.7 Å². The minimum atomic E-state index is -0.212. The number of methoxy groups -OCH3 is 1. The van der Waals surface area contributed by atoms with Crippen molar-refractivity contribution in [2.75, 3.05) is 20.2 Å². The van der Waals surface area contributed by atoms with Crippen molar-refractivity contribution < 1.29 is 9.53 Å². The second kappa shape index (κ2) is 9.78. The molecule has 28 heavy (non-hydrogen) atoms. The van der Waals surface area contributed by atoms with E-state index in [-0.39, 0.29) is 11.2 Å². The molecule has 1 aliphatic rings. The van der Waals surface area contributed by atoms with Gasteiger partial charge in [0.05, 0.1) is 17.9 Å². The fourth-order valence-corrected chi connectivity index (χ4v) is 4.40. The van der Waals surface area contributed by atoms with E-state index in [9.17, 15) is 4.79 Å². The van der Waals surface area contributed by atoms with Crippen LogP contribution < -0.4 is 4.74 Å². The van der Waals surface area contributed by atoms with E-state index >= 15 is 0 Å². The van der Waals surface area contributed by atoms with Gasteiger partial charge in [0, 0.05) is 19.6 Å². The van der Waals surface area contributed by atoms with Gasteiger partial charge in [-0.15, -0.1) is 16.8 Å². The molecule has 1 atom stereocenters. The van der Waals surface area contributed by atoms with Gasteiger partial charge in [-0.25, -0.2) is 0 Å². The molecule has 1 aliphatic heterocycles. The van der Waals surface area contributed by atoms with Crippen molar-refractivity contribution in [3.63, 3.8) is 0 Å². The van der Waals surface area contributed by atoms with E-state index in [1.165, 1.54) is 24.6 Å². The van der Waals surface area contributed by atoms with E-state index in [0.717, 1.165) is 42.4 Å². The van der Waals surface area contributed by atoms with Crippen molar-refractivity contribution in [1.82, 2.24) is 19.7 Å². The Hall–Kier alpha value is -2.28. The summed E-state index contributed by atoms with van der Waals surface area (Å²) in [6.07, 6.45) is 6.41. The minimum absolute atomic E-state index is 0.180. The maximum Gasteiger partial charge on any atom is 0.235 e. The lowest BCUT2D eigenvalue weighted by atomic mass is 10.2. The van der Waals surface area contributed by atoms with Gasteiger partial charge in [0.25, 0.3) is 0 Å². The summed E-state index contributed by atoms with van der Waals surface area (Å²) in [5, 5.41) is 9.27. The summed E-state index contributed by atoms with van der Waals surface area (Å²) in [4.78, 5) is 14.9. The average Bonchev–Trinajstić information content (AvgIpc) is 2.93. The number of carbonyl (C=O) groups excluding carboxylic acids is 1. The molecule has 2 heterocycles. The number of benzene rings is 1. The van der Waals surface area contributed by atoms with Crippen LogP contribution in [0.1, 0.15) is 32.6 Å². The zero-order valence-electron chi connectivity index (χ0n) is 16.6. The number of amides is 1. The first kappa shape index (κ1) is 20.5. The van der Waals surface area contributed by atoms with Crippen LogP contribution in [0.4, 0.5) is 0 Å². The molecule has 150 valence electrons. The summed E-state index contributed by atoms with van der Waals surface area (Å²) in [5.41, 5.74) is 0.873. The molecule has 6 nitrogen and oxygen atoms in total. The number of ether oxygens (including phenoxy) is 1. The number of rotatable bonds is 7. The molecular formula is C21H28N4O2S. The Balaban J connectivity index is 1.83. The molecule has 1 aromatic heterocycles. The van der Waals surface area contributed by atoms with Crippen molar-refractivity contribution in [1.29, 1.82) is 0 Å². The van der Waals surface area contributed by atoms with Crippen LogP contribution in [0, 0.1) is 0 Å². The molecule has 1 amide bonds. The lowest BCUT2D eigenvalue weighted by Gasteiger charge is -2.23. The Morgan fingerprint density at radius 1 is 1.25 bits per heavy atom. The predicted octanol–water partition coefficient (Wildman–Crippen LogP) is 4.02. The van der Waals surface area contributed by atoms with Gasteiger partial charge < -0.3 is 9.64 Å². The van der Waals surface area contributed by atoms with Crippen LogP contribution in [0.3, 0.4) is 0 Å². The SMILES string of the molecule is C=CCn1c(S[C@@H](C)C(=O)N2CCCCCC2)nnc1-c1ccccc1OC. The maximum atomic E-state index is 12.9. The maximum absolute atomic E-state index is 12.9. The molecule has 7 heteroatoms. The lowest BCUT2D eigenvalue weighted by molar-refractivity contribution is -0.130. The normalized spacial score (nSPS) is 15.7. The summed E-state index contributed by atoms with van der Waals surface area (Å²) in [7, 11) is 1.64. The van der Waals surface area contributed by atoms with Crippen LogP contribution >= 0.6 is 11.8 Å².